The van der Waals surface area contributed by atoms with Crippen molar-refractivity contribution in [2.75, 3.05) is 49.5 Å². The molecule has 1 aromatic carbocycles. The van der Waals surface area contributed by atoms with Crippen molar-refractivity contribution in [2.24, 2.45) is 0 Å². The molecule has 26 heavy (non-hydrogen) atoms. The van der Waals surface area contributed by atoms with Crippen LogP contribution in [0.25, 0.3) is 0 Å². The van der Waals surface area contributed by atoms with Gasteiger partial charge in [-0.15, -0.1) is 0 Å². The van der Waals surface area contributed by atoms with Gasteiger partial charge in [-0.2, -0.15) is 0 Å². The molecule has 2 aromatic rings. The van der Waals surface area contributed by atoms with Gasteiger partial charge in [-0.1, -0.05) is 6.07 Å². The van der Waals surface area contributed by atoms with Crippen LogP contribution >= 0.6 is 12.2 Å². The van der Waals surface area contributed by atoms with Crippen LogP contribution in [0.4, 0.5) is 11.6 Å². The summed E-state index contributed by atoms with van der Waals surface area (Å²) in [5, 5.41) is 7.22. The second-order valence-electron chi connectivity index (χ2n) is 6.56. The smallest absolute Gasteiger partial charge is 0.225 e. The third-order valence-electron chi connectivity index (χ3n) is 4.69. The zero-order chi connectivity index (χ0) is 18.4. The number of aromatic nitrogens is 2. The van der Waals surface area contributed by atoms with Crippen molar-refractivity contribution >= 4 is 29.0 Å². The van der Waals surface area contributed by atoms with Crippen molar-refractivity contribution in [3.05, 3.63) is 47.8 Å². The predicted molar refractivity (Wildman–Crippen MR) is 111 cm³/mol. The lowest BCUT2D eigenvalue weighted by Gasteiger charge is -2.34. The quantitative estimate of drug-likeness (QED) is 0.783. The maximum atomic E-state index is 5.40. The molecule has 1 aliphatic rings. The summed E-state index contributed by atoms with van der Waals surface area (Å²) in [6, 6.07) is 8.13. The van der Waals surface area contributed by atoms with Gasteiger partial charge in [0, 0.05) is 57.3 Å². The van der Waals surface area contributed by atoms with Crippen molar-refractivity contribution in [3.63, 3.8) is 0 Å². The molecular formula is C19H26N6S. The Morgan fingerprint density at radius 2 is 1.81 bits per heavy atom. The Kier molecular flexibility index (Phi) is 6.35. The Labute approximate surface area is 160 Å². The highest BCUT2D eigenvalue weighted by atomic mass is 32.1. The second kappa shape index (κ2) is 8.91. The van der Waals surface area contributed by atoms with E-state index in [1.807, 2.05) is 6.07 Å². The molecule has 2 N–H and O–H groups in total. The maximum Gasteiger partial charge on any atom is 0.225 e. The number of hydrogen-bond donors (Lipinski definition) is 2. The van der Waals surface area contributed by atoms with Gasteiger partial charge in [0.2, 0.25) is 5.95 Å². The number of nitrogens with one attached hydrogen (secondary N) is 2. The fourth-order valence-electron chi connectivity index (χ4n) is 2.95. The molecule has 1 fully saturated rings. The Hall–Kier alpha value is -2.25. The van der Waals surface area contributed by atoms with E-state index < -0.39 is 0 Å². The van der Waals surface area contributed by atoms with Gasteiger partial charge < -0.3 is 15.5 Å². The van der Waals surface area contributed by atoms with Crippen LogP contribution in [-0.2, 0) is 0 Å². The molecule has 0 spiro atoms. The monoisotopic (exact) mass is 370 g/mol. The summed E-state index contributed by atoms with van der Waals surface area (Å²) in [5.41, 5.74) is 3.58. The van der Waals surface area contributed by atoms with Crippen molar-refractivity contribution < 1.29 is 0 Å². The van der Waals surface area contributed by atoms with Crippen LogP contribution < -0.4 is 15.5 Å². The average Bonchev–Trinajstić information content (AvgIpc) is 2.66. The van der Waals surface area contributed by atoms with Gasteiger partial charge >= 0.3 is 0 Å². The Balaban J connectivity index is 1.36. The average molecular weight is 371 g/mol. The number of aryl methyl sites for hydroxylation is 2. The van der Waals surface area contributed by atoms with Gasteiger partial charge in [0.1, 0.15) is 0 Å². The zero-order valence-corrected chi connectivity index (χ0v) is 16.2. The van der Waals surface area contributed by atoms with Crippen molar-refractivity contribution in [3.8, 4) is 0 Å². The molecule has 138 valence electrons. The van der Waals surface area contributed by atoms with Gasteiger partial charge in [-0.25, -0.2) is 9.97 Å². The van der Waals surface area contributed by atoms with E-state index in [-0.39, 0.29) is 0 Å². The van der Waals surface area contributed by atoms with Gasteiger partial charge in [0.15, 0.2) is 5.11 Å². The van der Waals surface area contributed by atoms with E-state index in [9.17, 15) is 0 Å². The number of nitrogens with zero attached hydrogens (tertiary/aromatic N) is 4. The summed E-state index contributed by atoms with van der Waals surface area (Å²) in [6.07, 6.45) is 3.59. The van der Waals surface area contributed by atoms with E-state index in [4.69, 9.17) is 12.2 Å². The van der Waals surface area contributed by atoms with E-state index in [1.54, 1.807) is 12.4 Å². The van der Waals surface area contributed by atoms with E-state index in [0.29, 0.717) is 5.11 Å². The minimum atomic E-state index is 0.671. The first-order valence-corrected chi connectivity index (χ1v) is 9.39. The van der Waals surface area contributed by atoms with Crippen molar-refractivity contribution in [1.29, 1.82) is 0 Å². The lowest BCUT2D eigenvalue weighted by molar-refractivity contribution is 0.260. The predicted octanol–water partition coefficient (Wildman–Crippen LogP) is 2.20. The lowest BCUT2D eigenvalue weighted by Crippen LogP contribution is -2.49. The molecule has 0 aliphatic carbocycles. The minimum Gasteiger partial charge on any atom is -0.361 e. The van der Waals surface area contributed by atoms with E-state index in [2.05, 4.69) is 62.4 Å². The highest BCUT2D eigenvalue weighted by Crippen LogP contribution is 2.14. The number of anilines is 2. The summed E-state index contributed by atoms with van der Waals surface area (Å²) in [6.45, 7) is 9.95. The number of rotatable bonds is 5. The fraction of sp³-hybridized carbons (Fsp3) is 0.421. The zero-order valence-electron chi connectivity index (χ0n) is 15.4. The topological polar surface area (TPSA) is 56.3 Å². The molecule has 0 bridgehead atoms. The van der Waals surface area contributed by atoms with Crippen LogP contribution in [-0.4, -0.2) is 59.2 Å². The molecular weight excluding hydrogens is 344 g/mol. The molecule has 2 heterocycles. The molecule has 0 radical (unpaired) electrons. The third kappa shape index (κ3) is 5.12. The van der Waals surface area contributed by atoms with Crippen LogP contribution in [0.5, 0.6) is 0 Å². The van der Waals surface area contributed by atoms with Gasteiger partial charge in [-0.05, 0) is 55.4 Å². The molecule has 1 aliphatic heterocycles. The molecule has 3 rings (SSSR count). The summed E-state index contributed by atoms with van der Waals surface area (Å²) in [5.74, 6) is 0.823. The molecule has 0 amide bonds. The molecule has 0 saturated carbocycles. The van der Waals surface area contributed by atoms with Crippen LogP contribution in [0.1, 0.15) is 11.1 Å². The first-order valence-electron chi connectivity index (χ1n) is 8.98. The lowest BCUT2D eigenvalue weighted by atomic mass is 10.1. The number of thiocarbonyl (C=S) groups is 1. The molecule has 0 unspecified atom stereocenters. The van der Waals surface area contributed by atoms with Crippen LogP contribution in [0.2, 0.25) is 0 Å². The Morgan fingerprint density at radius 1 is 1.08 bits per heavy atom. The molecule has 1 aromatic heterocycles. The summed E-state index contributed by atoms with van der Waals surface area (Å²) < 4.78 is 0. The number of piperazine rings is 1. The van der Waals surface area contributed by atoms with Crippen molar-refractivity contribution in [1.82, 2.24) is 20.2 Å². The standard InChI is InChI=1S/C19H26N6S/c1-15-4-5-17(14-16(15)2)23-19(26)22-8-9-24-10-12-25(13-11-24)18-20-6-3-7-21-18/h3-7,14H,8-13H2,1-2H3,(H2,22,23,26). The number of benzene rings is 1. The van der Waals surface area contributed by atoms with E-state index >= 15 is 0 Å². The van der Waals surface area contributed by atoms with Crippen molar-refractivity contribution in [2.45, 2.75) is 13.8 Å². The molecule has 1 saturated heterocycles. The van der Waals surface area contributed by atoms with E-state index in [0.717, 1.165) is 50.9 Å². The molecule has 0 atom stereocenters. The molecule has 7 heteroatoms. The highest BCUT2D eigenvalue weighted by Gasteiger charge is 2.18. The fourth-order valence-corrected chi connectivity index (χ4v) is 3.17. The summed E-state index contributed by atoms with van der Waals surface area (Å²) >= 11 is 5.40. The van der Waals surface area contributed by atoms with Crippen LogP contribution in [0, 0.1) is 13.8 Å². The van der Waals surface area contributed by atoms with Gasteiger partial charge in [-0.3, -0.25) is 4.90 Å². The van der Waals surface area contributed by atoms with Gasteiger partial charge in [0.25, 0.3) is 0 Å². The highest BCUT2D eigenvalue weighted by molar-refractivity contribution is 7.80. The van der Waals surface area contributed by atoms with Crippen LogP contribution in [0.3, 0.4) is 0 Å². The second-order valence-corrected chi connectivity index (χ2v) is 6.97. The minimum absolute atomic E-state index is 0.671. The first kappa shape index (κ1) is 18.5. The maximum absolute atomic E-state index is 5.40. The molecule has 6 nitrogen and oxygen atoms in total. The normalized spacial score (nSPS) is 14.9. The first-order chi connectivity index (χ1) is 12.6. The summed E-state index contributed by atoms with van der Waals surface area (Å²) in [4.78, 5) is 13.3. The SMILES string of the molecule is Cc1ccc(NC(=S)NCCN2CCN(c3ncccn3)CC2)cc1C. The largest absolute Gasteiger partial charge is 0.361 e. The van der Waals surface area contributed by atoms with E-state index in [1.165, 1.54) is 11.1 Å². The van der Waals surface area contributed by atoms with Gasteiger partial charge in [0.05, 0.1) is 0 Å². The summed E-state index contributed by atoms with van der Waals surface area (Å²) in [7, 11) is 0. The number of hydrogen-bond acceptors (Lipinski definition) is 5. The third-order valence-corrected chi connectivity index (χ3v) is 4.93. The Bertz CT molecular complexity index is 728. The van der Waals surface area contributed by atoms with Crippen LogP contribution in [0.15, 0.2) is 36.7 Å². The Morgan fingerprint density at radius 3 is 2.50 bits per heavy atom.